The van der Waals surface area contributed by atoms with Gasteiger partial charge in [0.15, 0.2) is 11.9 Å². The molecule has 0 fully saturated rings. The number of fused-ring (bicyclic) bond motifs is 1. The molecule has 9 heteroatoms. The number of carbonyl (C=O) groups is 2. The van der Waals surface area contributed by atoms with Gasteiger partial charge in [-0.15, -0.1) is 11.3 Å². The average molecular weight is 393 g/mol. The molecule has 1 N–H and O–H groups in total. The van der Waals surface area contributed by atoms with Crippen molar-refractivity contribution in [2.24, 2.45) is 0 Å². The van der Waals surface area contributed by atoms with Crippen molar-refractivity contribution in [3.8, 4) is 0 Å². The SMILES string of the molecule is CC(OC(=O)CCNC(=O)c1cccs1)c1nc2ccccc2n1C(F)F. The van der Waals surface area contributed by atoms with Gasteiger partial charge < -0.3 is 10.1 Å². The Bertz CT molecular complexity index is 941. The van der Waals surface area contributed by atoms with Gasteiger partial charge in [-0.2, -0.15) is 8.78 Å². The summed E-state index contributed by atoms with van der Waals surface area (Å²) in [5.41, 5.74) is 0.674. The highest BCUT2D eigenvalue weighted by molar-refractivity contribution is 7.12. The van der Waals surface area contributed by atoms with Crippen LogP contribution in [0, 0.1) is 0 Å². The second-order valence-corrected chi connectivity index (χ2v) is 6.67. The summed E-state index contributed by atoms with van der Waals surface area (Å²) in [6.07, 6.45) is -1.03. The van der Waals surface area contributed by atoms with Gasteiger partial charge in [0.1, 0.15) is 0 Å². The summed E-state index contributed by atoms with van der Waals surface area (Å²) < 4.78 is 32.9. The number of esters is 1. The summed E-state index contributed by atoms with van der Waals surface area (Å²) in [5, 5.41) is 4.39. The van der Waals surface area contributed by atoms with Gasteiger partial charge in [0, 0.05) is 6.54 Å². The number of thiophene rings is 1. The summed E-state index contributed by atoms with van der Waals surface area (Å²) >= 11 is 1.29. The van der Waals surface area contributed by atoms with Gasteiger partial charge in [0.2, 0.25) is 0 Å². The molecule has 0 saturated heterocycles. The zero-order chi connectivity index (χ0) is 19.4. The Morgan fingerprint density at radius 2 is 2.04 bits per heavy atom. The van der Waals surface area contributed by atoms with E-state index >= 15 is 0 Å². The molecule has 1 unspecified atom stereocenters. The quantitative estimate of drug-likeness (QED) is 0.618. The molecule has 2 heterocycles. The van der Waals surface area contributed by atoms with Gasteiger partial charge in [-0.25, -0.2) is 4.98 Å². The fourth-order valence-corrected chi connectivity index (χ4v) is 3.28. The van der Waals surface area contributed by atoms with E-state index in [2.05, 4.69) is 10.3 Å². The number of rotatable bonds is 7. The molecule has 0 radical (unpaired) electrons. The van der Waals surface area contributed by atoms with Crippen LogP contribution in [0.1, 0.15) is 41.5 Å². The smallest absolute Gasteiger partial charge is 0.320 e. The standard InChI is InChI=1S/C18H17F2N3O3S/c1-11(16-22-12-5-2-3-6-13(12)23(16)18(19)20)26-15(24)8-9-21-17(25)14-7-4-10-27-14/h2-7,10-11,18H,8-9H2,1H3,(H,21,25). The molecule has 0 bridgehead atoms. The minimum absolute atomic E-state index is 0.0258. The number of carbonyl (C=O) groups excluding carboxylic acids is 2. The largest absolute Gasteiger partial charge is 0.454 e. The number of ether oxygens (including phenoxy) is 1. The fourth-order valence-electron chi connectivity index (χ4n) is 2.64. The van der Waals surface area contributed by atoms with Crippen LogP contribution in [-0.4, -0.2) is 28.0 Å². The van der Waals surface area contributed by atoms with Crippen molar-refractivity contribution in [3.63, 3.8) is 0 Å². The van der Waals surface area contributed by atoms with E-state index in [1.165, 1.54) is 24.3 Å². The Labute approximate surface area is 157 Å². The van der Waals surface area contributed by atoms with E-state index in [9.17, 15) is 18.4 Å². The van der Waals surface area contributed by atoms with E-state index in [4.69, 9.17) is 4.74 Å². The maximum Gasteiger partial charge on any atom is 0.320 e. The molecule has 6 nitrogen and oxygen atoms in total. The Morgan fingerprint density at radius 3 is 2.74 bits per heavy atom. The molecular formula is C18H17F2N3O3S. The molecule has 2 aromatic heterocycles. The van der Waals surface area contributed by atoms with Gasteiger partial charge in [-0.05, 0) is 30.5 Å². The molecule has 0 aliphatic heterocycles. The third-order valence-electron chi connectivity index (χ3n) is 3.85. The third kappa shape index (κ3) is 4.30. The van der Waals surface area contributed by atoms with Crippen LogP contribution in [0.2, 0.25) is 0 Å². The van der Waals surface area contributed by atoms with E-state index in [0.29, 0.717) is 10.4 Å². The van der Waals surface area contributed by atoms with Crippen LogP contribution in [0.3, 0.4) is 0 Å². The van der Waals surface area contributed by atoms with Gasteiger partial charge in [-0.1, -0.05) is 18.2 Å². The third-order valence-corrected chi connectivity index (χ3v) is 4.72. The van der Waals surface area contributed by atoms with E-state index in [1.54, 1.807) is 35.7 Å². The first-order valence-corrected chi connectivity index (χ1v) is 9.11. The van der Waals surface area contributed by atoms with Crippen LogP contribution in [-0.2, 0) is 9.53 Å². The van der Waals surface area contributed by atoms with Crippen LogP contribution in [0.4, 0.5) is 8.78 Å². The summed E-state index contributed by atoms with van der Waals surface area (Å²) in [4.78, 5) is 28.5. The minimum Gasteiger partial charge on any atom is -0.454 e. The molecule has 0 spiro atoms. The monoisotopic (exact) mass is 393 g/mol. The van der Waals surface area contributed by atoms with Crippen molar-refractivity contribution in [2.75, 3.05) is 6.54 Å². The maximum absolute atomic E-state index is 13.5. The number of hydrogen-bond donors (Lipinski definition) is 1. The van der Waals surface area contributed by atoms with Crippen molar-refractivity contribution in [3.05, 3.63) is 52.5 Å². The number of para-hydroxylation sites is 2. The molecule has 1 aromatic carbocycles. The number of halogens is 2. The van der Waals surface area contributed by atoms with Crippen molar-refractivity contribution >= 4 is 34.2 Å². The molecule has 3 aromatic rings. The lowest BCUT2D eigenvalue weighted by Gasteiger charge is -2.15. The number of nitrogens with one attached hydrogen (secondary N) is 1. The number of aromatic nitrogens is 2. The Balaban J connectivity index is 1.60. The lowest BCUT2D eigenvalue weighted by molar-refractivity contribution is -0.149. The van der Waals surface area contributed by atoms with E-state index in [-0.39, 0.29) is 30.2 Å². The van der Waals surface area contributed by atoms with Crippen molar-refractivity contribution < 1.29 is 23.1 Å². The van der Waals surface area contributed by atoms with Crippen LogP contribution >= 0.6 is 11.3 Å². The summed E-state index contributed by atoms with van der Waals surface area (Å²) in [7, 11) is 0. The highest BCUT2D eigenvalue weighted by Gasteiger charge is 2.24. The Kier molecular flexibility index (Phi) is 5.80. The lowest BCUT2D eigenvalue weighted by Crippen LogP contribution is -2.26. The lowest BCUT2D eigenvalue weighted by atomic mass is 10.3. The molecule has 0 aliphatic carbocycles. The van der Waals surface area contributed by atoms with E-state index in [0.717, 1.165) is 4.57 Å². The summed E-state index contributed by atoms with van der Waals surface area (Å²) in [5.74, 6) is -0.908. The molecule has 0 saturated carbocycles. The minimum atomic E-state index is -2.81. The zero-order valence-corrected chi connectivity index (χ0v) is 15.2. The number of nitrogens with zero attached hydrogens (tertiary/aromatic N) is 2. The molecular weight excluding hydrogens is 376 g/mol. The van der Waals surface area contributed by atoms with Gasteiger partial charge >= 0.3 is 12.5 Å². The van der Waals surface area contributed by atoms with Crippen LogP contribution in [0.25, 0.3) is 11.0 Å². The Morgan fingerprint density at radius 1 is 1.26 bits per heavy atom. The van der Waals surface area contributed by atoms with E-state index in [1.807, 2.05) is 0 Å². The second kappa shape index (κ2) is 8.26. The van der Waals surface area contributed by atoms with Crippen LogP contribution in [0.15, 0.2) is 41.8 Å². The highest BCUT2D eigenvalue weighted by atomic mass is 32.1. The average Bonchev–Trinajstić information content (AvgIpc) is 3.29. The predicted molar refractivity (Wildman–Crippen MR) is 96.8 cm³/mol. The van der Waals surface area contributed by atoms with Crippen molar-refractivity contribution in [1.29, 1.82) is 0 Å². The molecule has 27 heavy (non-hydrogen) atoms. The predicted octanol–water partition coefficient (Wildman–Crippen LogP) is 3.92. The van der Waals surface area contributed by atoms with Crippen LogP contribution < -0.4 is 5.32 Å². The summed E-state index contributed by atoms with van der Waals surface area (Å²) in [6, 6.07) is 9.92. The first-order chi connectivity index (χ1) is 13.0. The molecule has 1 atom stereocenters. The number of amides is 1. The fraction of sp³-hybridized carbons (Fsp3) is 0.278. The van der Waals surface area contributed by atoms with Crippen LogP contribution in [0.5, 0.6) is 0 Å². The molecule has 0 aliphatic rings. The summed E-state index contributed by atoms with van der Waals surface area (Å²) in [6.45, 7) is -1.23. The molecule has 142 valence electrons. The number of alkyl halides is 2. The van der Waals surface area contributed by atoms with Gasteiger partial charge in [0.05, 0.1) is 22.3 Å². The van der Waals surface area contributed by atoms with Gasteiger partial charge in [-0.3, -0.25) is 14.2 Å². The van der Waals surface area contributed by atoms with Crippen molar-refractivity contribution in [1.82, 2.24) is 14.9 Å². The number of imidazole rings is 1. The Hall–Kier alpha value is -2.81. The first kappa shape index (κ1) is 19.0. The highest BCUT2D eigenvalue weighted by Crippen LogP contribution is 2.28. The van der Waals surface area contributed by atoms with E-state index < -0.39 is 18.6 Å². The normalized spacial score (nSPS) is 12.3. The second-order valence-electron chi connectivity index (χ2n) is 5.72. The topological polar surface area (TPSA) is 73.2 Å². The van der Waals surface area contributed by atoms with Gasteiger partial charge in [0.25, 0.3) is 5.91 Å². The maximum atomic E-state index is 13.5. The molecule has 3 rings (SSSR count). The number of hydrogen-bond acceptors (Lipinski definition) is 5. The molecule has 1 amide bonds. The first-order valence-electron chi connectivity index (χ1n) is 8.23. The zero-order valence-electron chi connectivity index (χ0n) is 14.4. The van der Waals surface area contributed by atoms with Crippen molar-refractivity contribution in [2.45, 2.75) is 26.0 Å². The number of benzene rings is 1.